The summed E-state index contributed by atoms with van der Waals surface area (Å²) in [6, 6.07) is 13.0. The Kier molecular flexibility index (Phi) is 4.43. The number of ether oxygens (including phenoxy) is 3. The number of hydrogen-bond donors (Lipinski definition) is 0. The van der Waals surface area contributed by atoms with E-state index in [1.54, 1.807) is 19.2 Å². The Balaban J connectivity index is 1.71. The zero-order valence-electron chi connectivity index (χ0n) is 18.0. The number of fused-ring (bicyclic) bond motifs is 4. The van der Waals surface area contributed by atoms with Gasteiger partial charge in [0.2, 0.25) is 6.79 Å². The molecule has 4 aromatic rings. The van der Waals surface area contributed by atoms with Crippen molar-refractivity contribution < 1.29 is 14.2 Å². The summed E-state index contributed by atoms with van der Waals surface area (Å²) in [5, 5.41) is 1.09. The first-order valence-corrected chi connectivity index (χ1v) is 10.9. The van der Waals surface area contributed by atoms with Gasteiger partial charge in [-0.1, -0.05) is 29.8 Å². The second-order valence-electron chi connectivity index (χ2n) is 8.19. The number of benzene rings is 2. The van der Waals surface area contributed by atoms with Gasteiger partial charge in [0.1, 0.15) is 6.10 Å². The van der Waals surface area contributed by atoms with Gasteiger partial charge in [-0.15, -0.1) is 0 Å². The average molecular weight is 466 g/mol. The van der Waals surface area contributed by atoms with Crippen molar-refractivity contribution in [2.75, 3.05) is 13.4 Å². The first-order valence-electron chi connectivity index (χ1n) is 10.5. The second kappa shape index (κ2) is 7.26. The van der Waals surface area contributed by atoms with E-state index >= 15 is 0 Å². The Bertz CT molecular complexity index is 1550. The molecule has 4 heterocycles. The summed E-state index contributed by atoms with van der Waals surface area (Å²) in [7, 11) is 3.18. The van der Waals surface area contributed by atoms with Crippen molar-refractivity contribution in [2.24, 2.45) is 14.1 Å². The Morgan fingerprint density at radius 3 is 2.52 bits per heavy atom. The number of halogens is 1. The fraction of sp³-hybridized carbons (Fsp3) is 0.250. The van der Waals surface area contributed by atoms with Crippen molar-refractivity contribution in [1.29, 1.82) is 0 Å². The molecular formula is C24H20ClN3O5. The molecule has 0 saturated heterocycles. The van der Waals surface area contributed by atoms with Crippen molar-refractivity contribution in [3.63, 3.8) is 0 Å². The van der Waals surface area contributed by atoms with Crippen molar-refractivity contribution in [3.05, 3.63) is 79.6 Å². The summed E-state index contributed by atoms with van der Waals surface area (Å²) in [6.45, 7) is 1.16. The standard InChI is InChI=1S/C24H20ClN3O5/c1-26-20-18(23(29)27(2)24(26)30)19(13-3-6-15(25)7-4-13)28-9-10-31-22(21(20)28)14-5-8-16-17(11-14)33-12-32-16/h3-8,11,22H,9-10,12H2,1-2H3. The van der Waals surface area contributed by atoms with E-state index in [1.165, 1.54) is 11.6 Å². The third-order valence-electron chi connectivity index (χ3n) is 6.37. The van der Waals surface area contributed by atoms with Crippen LogP contribution in [0.4, 0.5) is 0 Å². The van der Waals surface area contributed by atoms with E-state index in [4.69, 9.17) is 25.8 Å². The molecule has 0 fully saturated rings. The Hall–Kier alpha value is -3.49. The molecule has 0 saturated carbocycles. The van der Waals surface area contributed by atoms with Gasteiger partial charge in [-0.05, 0) is 35.4 Å². The maximum Gasteiger partial charge on any atom is 0.331 e. The van der Waals surface area contributed by atoms with Crippen LogP contribution >= 0.6 is 11.6 Å². The second-order valence-corrected chi connectivity index (χ2v) is 8.62. The van der Waals surface area contributed by atoms with Crippen LogP contribution in [0.2, 0.25) is 5.02 Å². The molecule has 0 bridgehead atoms. The van der Waals surface area contributed by atoms with Gasteiger partial charge >= 0.3 is 5.69 Å². The molecule has 8 nitrogen and oxygen atoms in total. The molecular weight excluding hydrogens is 446 g/mol. The maximum absolute atomic E-state index is 13.4. The first kappa shape index (κ1) is 20.1. The molecule has 9 heteroatoms. The topological polar surface area (TPSA) is 76.6 Å². The van der Waals surface area contributed by atoms with Gasteiger partial charge in [0.25, 0.3) is 5.56 Å². The van der Waals surface area contributed by atoms with E-state index < -0.39 is 11.8 Å². The minimum absolute atomic E-state index is 0.175. The largest absolute Gasteiger partial charge is 0.454 e. The number of aryl methyl sites for hydroxylation is 1. The highest BCUT2D eigenvalue weighted by molar-refractivity contribution is 6.30. The normalized spacial score (nSPS) is 16.9. The molecule has 1 unspecified atom stereocenters. The molecule has 2 aromatic carbocycles. The molecule has 0 spiro atoms. The van der Waals surface area contributed by atoms with E-state index in [2.05, 4.69) is 4.57 Å². The molecule has 0 aliphatic carbocycles. The minimum Gasteiger partial charge on any atom is -0.454 e. The zero-order valence-corrected chi connectivity index (χ0v) is 18.8. The molecule has 0 amide bonds. The Labute approximate surface area is 193 Å². The lowest BCUT2D eigenvalue weighted by Crippen LogP contribution is -2.37. The molecule has 2 aliphatic heterocycles. The monoisotopic (exact) mass is 465 g/mol. The fourth-order valence-electron chi connectivity index (χ4n) is 4.82. The summed E-state index contributed by atoms with van der Waals surface area (Å²) in [4.78, 5) is 26.3. The van der Waals surface area contributed by atoms with Crippen LogP contribution in [-0.4, -0.2) is 27.1 Å². The third kappa shape index (κ3) is 2.87. The highest BCUT2D eigenvalue weighted by Gasteiger charge is 2.33. The molecule has 1 atom stereocenters. The van der Waals surface area contributed by atoms with Crippen LogP contribution in [0.5, 0.6) is 11.5 Å². The lowest BCUT2D eigenvalue weighted by molar-refractivity contribution is 0.0477. The summed E-state index contributed by atoms with van der Waals surface area (Å²) < 4.78 is 22.0. The molecule has 6 rings (SSSR count). The van der Waals surface area contributed by atoms with Gasteiger partial charge < -0.3 is 18.8 Å². The summed E-state index contributed by atoms with van der Waals surface area (Å²) in [5.74, 6) is 1.32. The van der Waals surface area contributed by atoms with Crippen LogP contribution < -0.4 is 20.7 Å². The van der Waals surface area contributed by atoms with Crippen LogP contribution in [0.3, 0.4) is 0 Å². The highest BCUT2D eigenvalue weighted by Crippen LogP contribution is 2.43. The zero-order chi connectivity index (χ0) is 22.9. The predicted octanol–water partition coefficient (Wildman–Crippen LogP) is 3.21. The van der Waals surface area contributed by atoms with E-state index in [9.17, 15) is 9.59 Å². The van der Waals surface area contributed by atoms with E-state index in [0.717, 1.165) is 27.1 Å². The van der Waals surface area contributed by atoms with Crippen molar-refractivity contribution in [2.45, 2.75) is 12.6 Å². The van der Waals surface area contributed by atoms with Crippen LogP contribution in [-0.2, 0) is 25.4 Å². The number of hydrogen-bond acceptors (Lipinski definition) is 5. The SMILES string of the molecule is Cn1c(=O)c2c(-c3ccc(Cl)cc3)n3c(c2n(C)c1=O)C(c1ccc2c(c1)OCO2)OCC3. The summed E-state index contributed by atoms with van der Waals surface area (Å²) in [6.07, 6.45) is -0.491. The molecule has 33 heavy (non-hydrogen) atoms. The fourth-order valence-corrected chi connectivity index (χ4v) is 4.94. The maximum atomic E-state index is 13.4. The Morgan fingerprint density at radius 1 is 0.970 bits per heavy atom. The number of rotatable bonds is 2. The van der Waals surface area contributed by atoms with Crippen molar-refractivity contribution >= 4 is 22.5 Å². The molecule has 0 N–H and O–H groups in total. The van der Waals surface area contributed by atoms with Gasteiger partial charge in [0.15, 0.2) is 11.5 Å². The third-order valence-corrected chi connectivity index (χ3v) is 6.62. The number of aromatic nitrogens is 3. The average Bonchev–Trinajstić information content (AvgIpc) is 3.44. The first-order chi connectivity index (χ1) is 16.0. The van der Waals surface area contributed by atoms with E-state index in [-0.39, 0.29) is 12.4 Å². The van der Waals surface area contributed by atoms with Crippen LogP contribution in [0.15, 0.2) is 52.1 Å². The van der Waals surface area contributed by atoms with E-state index in [1.807, 2.05) is 30.3 Å². The van der Waals surface area contributed by atoms with Crippen LogP contribution in [0.1, 0.15) is 17.4 Å². The Morgan fingerprint density at radius 2 is 1.73 bits per heavy atom. The lowest BCUT2D eigenvalue weighted by Gasteiger charge is -2.28. The van der Waals surface area contributed by atoms with Gasteiger partial charge in [0.05, 0.1) is 28.9 Å². The molecule has 0 radical (unpaired) electrons. The van der Waals surface area contributed by atoms with Gasteiger partial charge in [0, 0.05) is 25.7 Å². The summed E-state index contributed by atoms with van der Waals surface area (Å²) >= 11 is 6.13. The van der Waals surface area contributed by atoms with Crippen molar-refractivity contribution in [3.8, 4) is 22.8 Å². The molecule has 2 aliphatic rings. The molecule has 2 aromatic heterocycles. The molecule has 168 valence electrons. The minimum atomic E-state index is -0.491. The van der Waals surface area contributed by atoms with Crippen LogP contribution in [0.25, 0.3) is 22.2 Å². The van der Waals surface area contributed by atoms with Crippen molar-refractivity contribution in [1.82, 2.24) is 13.7 Å². The van der Waals surface area contributed by atoms with Gasteiger partial charge in [-0.2, -0.15) is 0 Å². The smallest absolute Gasteiger partial charge is 0.331 e. The van der Waals surface area contributed by atoms with Crippen LogP contribution in [0, 0.1) is 0 Å². The number of nitrogens with zero attached hydrogens (tertiary/aromatic N) is 3. The predicted molar refractivity (Wildman–Crippen MR) is 123 cm³/mol. The highest BCUT2D eigenvalue weighted by atomic mass is 35.5. The van der Waals surface area contributed by atoms with Gasteiger partial charge in [-0.3, -0.25) is 13.9 Å². The lowest BCUT2D eigenvalue weighted by atomic mass is 10.0. The van der Waals surface area contributed by atoms with E-state index in [0.29, 0.717) is 40.6 Å². The summed E-state index contributed by atoms with van der Waals surface area (Å²) in [5.41, 5.74) is 3.05. The quantitative estimate of drug-likeness (QED) is 0.454. The van der Waals surface area contributed by atoms with Gasteiger partial charge in [-0.25, -0.2) is 4.79 Å².